The van der Waals surface area contributed by atoms with Crippen molar-refractivity contribution in [2.24, 2.45) is 7.05 Å². The van der Waals surface area contributed by atoms with E-state index >= 15 is 0 Å². The molecule has 0 radical (unpaired) electrons. The van der Waals surface area contributed by atoms with Gasteiger partial charge in [0.2, 0.25) is 0 Å². The van der Waals surface area contributed by atoms with Crippen LogP contribution in [0, 0.1) is 0 Å². The molecule has 1 aliphatic rings. The van der Waals surface area contributed by atoms with Crippen LogP contribution < -0.4 is 4.90 Å². The Morgan fingerprint density at radius 1 is 1.53 bits per heavy atom. The molecule has 1 heterocycles. The Morgan fingerprint density at radius 3 is 2.74 bits per heavy atom. The number of anilines is 1. The van der Waals surface area contributed by atoms with Crippen LogP contribution in [-0.4, -0.2) is 35.4 Å². The van der Waals surface area contributed by atoms with E-state index in [9.17, 15) is 4.79 Å². The predicted molar refractivity (Wildman–Crippen MR) is 77.5 cm³/mol. The monoisotopic (exact) mass is 329 g/mol. The van der Waals surface area contributed by atoms with Gasteiger partial charge in [0.25, 0.3) is 0 Å². The van der Waals surface area contributed by atoms with Crippen molar-refractivity contribution in [3.05, 3.63) is 10.2 Å². The minimum absolute atomic E-state index is 0.317. The van der Waals surface area contributed by atoms with Crippen molar-refractivity contribution in [2.45, 2.75) is 38.6 Å². The van der Waals surface area contributed by atoms with Gasteiger partial charge in [0.1, 0.15) is 16.0 Å². The molecule has 1 fully saturated rings. The average molecular weight is 330 g/mol. The molecule has 106 valence electrons. The fourth-order valence-corrected chi connectivity index (χ4v) is 3.31. The molecule has 0 spiro atoms. The molecule has 0 aromatic carbocycles. The van der Waals surface area contributed by atoms with Crippen LogP contribution in [0.5, 0.6) is 0 Å². The number of nitrogens with zero attached hydrogens (tertiary/aromatic N) is 3. The highest BCUT2D eigenvalue weighted by Gasteiger charge is 2.29. The smallest absolute Gasteiger partial charge is 0.344 e. The number of esters is 1. The summed E-state index contributed by atoms with van der Waals surface area (Å²) in [7, 11) is 3.89. The quantitative estimate of drug-likeness (QED) is 0.797. The van der Waals surface area contributed by atoms with Gasteiger partial charge in [-0.2, -0.15) is 5.10 Å². The Hall–Kier alpha value is -1.04. The Morgan fingerprint density at radius 2 is 2.16 bits per heavy atom. The van der Waals surface area contributed by atoms with Gasteiger partial charge in [-0.1, -0.05) is 12.8 Å². The van der Waals surface area contributed by atoms with Crippen LogP contribution in [0.25, 0.3) is 0 Å². The largest absolute Gasteiger partial charge is 0.462 e. The molecule has 5 nitrogen and oxygen atoms in total. The Kier molecular flexibility index (Phi) is 4.50. The number of carbonyl (C=O) groups excluding carboxylic acids is 1. The van der Waals surface area contributed by atoms with Crippen LogP contribution >= 0.6 is 15.9 Å². The Balaban J connectivity index is 2.35. The molecule has 0 saturated heterocycles. The second-order valence-electron chi connectivity index (χ2n) is 4.88. The maximum absolute atomic E-state index is 12.1. The average Bonchev–Trinajstić information content (AvgIpc) is 2.96. The topological polar surface area (TPSA) is 47.4 Å². The first-order chi connectivity index (χ1) is 9.06. The van der Waals surface area contributed by atoms with E-state index in [0.717, 1.165) is 5.82 Å². The van der Waals surface area contributed by atoms with Gasteiger partial charge in [-0.05, 0) is 35.7 Å². The lowest BCUT2D eigenvalue weighted by Gasteiger charge is -2.27. The fourth-order valence-electron chi connectivity index (χ4n) is 2.73. The summed E-state index contributed by atoms with van der Waals surface area (Å²) in [6, 6.07) is 0.482. The molecule has 0 aliphatic heterocycles. The molecule has 0 atom stereocenters. The van der Waals surface area contributed by atoms with E-state index in [2.05, 4.69) is 25.9 Å². The molecule has 0 unspecified atom stereocenters. The number of hydrogen-bond donors (Lipinski definition) is 0. The summed E-state index contributed by atoms with van der Waals surface area (Å²) in [5.41, 5.74) is 0.527. The lowest BCUT2D eigenvalue weighted by Crippen LogP contribution is -2.32. The summed E-state index contributed by atoms with van der Waals surface area (Å²) in [6.07, 6.45) is 4.84. The zero-order valence-electron chi connectivity index (χ0n) is 11.6. The number of ether oxygens (including phenoxy) is 1. The normalized spacial score (nSPS) is 15.8. The van der Waals surface area contributed by atoms with Crippen molar-refractivity contribution in [3.63, 3.8) is 0 Å². The molecule has 1 aromatic heterocycles. The van der Waals surface area contributed by atoms with Crippen molar-refractivity contribution in [1.82, 2.24) is 9.78 Å². The highest BCUT2D eigenvalue weighted by Crippen LogP contribution is 2.32. The van der Waals surface area contributed by atoms with Crippen molar-refractivity contribution >= 4 is 27.7 Å². The van der Waals surface area contributed by atoms with Gasteiger partial charge in [-0.25, -0.2) is 4.79 Å². The molecule has 1 saturated carbocycles. The SMILES string of the molecule is CCOC(=O)c1c(Br)nn(C)c1N(C)C1CCCC1. The van der Waals surface area contributed by atoms with E-state index in [-0.39, 0.29) is 5.97 Å². The molecule has 0 N–H and O–H groups in total. The summed E-state index contributed by atoms with van der Waals surface area (Å²) < 4.78 is 7.42. The third-order valence-corrected chi connectivity index (χ3v) is 4.22. The van der Waals surface area contributed by atoms with E-state index in [1.54, 1.807) is 4.68 Å². The lowest BCUT2D eigenvalue weighted by molar-refractivity contribution is 0.0526. The lowest BCUT2D eigenvalue weighted by atomic mass is 10.2. The summed E-state index contributed by atoms with van der Waals surface area (Å²) in [4.78, 5) is 14.3. The molecule has 19 heavy (non-hydrogen) atoms. The third-order valence-electron chi connectivity index (χ3n) is 3.66. The van der Waals surface area contributed by atoms with Crippen molar-refractivity contribution < 1.29 is 9.53 Å². The van der Waals surface area contributed by atoms with Gasteiger partial charge in [-0.3, -0.25) is 4.68 Å². The van der Waals surface area contributed by atoms with Gasteiger partial charge in [0.15, 0.2) is 0 Å². The number of aryl methyl sites for hydroxylation is 1. The molecule has 0 amide bonds. The van der Waals surface area contributed by atoms with Gasteiger partial charge in [0.05, 0.1) is 6.61 Å². The number of halogens is 1. The van der Waals surface area contributed by atoms with E-state index < -0.39 is 0 Å². The van der Waals surface area contributed by atoms with E-state index in [0.29, 0.717) is 22.8 Å². The van der Waals surface area contributed by atoms with Crippen molar-refractivity contribution in [2.75, 3.05) is 18.6 Å². The summed E-state index contributed by atoms with van der Waals surface area (Å²) >= 11 is 3.36. The third kappa shape index (κ3) is 2.78. The zero-order valence-corrected chi connectivity index (χ0v) is 13.2. The summed E-state index contributed by atoms with van der Waals surface area (Å²) in [5, 5.41) is 4.30. The minimum Gasteiger partial charge on any atom is -0.462 e. The second kappa shape index (κ2) is 5.94. The summed E-state index contributed by atoms with van der Waals surface area (Å²) in [6.45, 7) is 2.18. The first kappa shape index (κ1) is 14.4. The van der Waals surface area contributed by atoms with Crippen LogP contribution in [0.15, 0.2) is 4.60 Å². The van der Waals surface area contributed by atoms with E-state index in [4.69, 9.17) is 4.74 Å². The van der Waals surface area contributed by atoms with Crippen LogP contribution in [0.3, 0.4) is 0 Å². The second-order valence-corrected chi connectivity index (χ2v) is 5.63. The van der Waals surface area contributed by atoms with Gasteiger partial charge in [-0.15, -0.1) is 0 Å². The molecular weight excluding hydrogens is 310 g/mol. The zero-order chi connectivity index (χ0) is 14.0. The molecule has 1 aliphatic carbocycles. The molecular formula is C13H20BrN3O2. The van der Waals surface area contributed by atoms with Crippen molar-refractivity contribution in [1.29, 1.82) is 0 Å². The number of hydrogen-bond acceptors (Lipinski definition) is 4. The molecule has 0 bridgehead atoms. The molecule has 2 rings (SSSR count). The first-order valence-electron chi connectivity index (χ1n) is 6.68. The molecule has 6 heteroatoms. The van der Waals surface area contributed by atoms with Gasteiger partial charge >= 0.3 is 5.97 Å². The van der Waals surface area contributed by atoms with Crippen LogP contribution in [0.1, 0.15) is 43.0 Å². The minimum atomic E-state index is -0.317. The van der Waals surface area contributed by atoms with Gasteiger partial charge < -0.3 is 9.64 Å². The standard InChI is InChI=1S/C13H20BrN3O2/c1-4-19-13(18)10-11(14)15-17(3)12(10)16(2)9-7-5-6-8-9/h9H,4-8H2,1-3H3. The summed E-state index contributed by atoms with van der Waals surface area (Å²) in [5.74, 6) is 0.513. The molecule has 1 aromatic rings. The van der Waals surface area contributed by atoms with Crippen LogP contribution in [0.2, 0.25) is 0 Å². The van der Waals surface area contributed by atoms with Crippen LogP contribution in [-0.2, 0) is 11.8 Å². The van der Waals surface area contributed by atoms with Crippen LogP contribution in [0.4, 0.5) is 5.82 Å². The number of rotatable bonds is 4. The highest BCUT2D eigenvalue weighted by atomic mass is 79.9. The Bertz CT molecular complexity index is 467. The highest BCUT2D eigenvalue weighted by molar-refractivity contribution is 9.10. The van der Waals surface area contributed by atoms with E-state index in [1.807, 2.05) is 21.0 Å². The van der Waals surface area contributed by atoms with Gasteiger partial charge in [0, 0.05) is 20.1 Å². The maximum Gasteiger partial charge on any atom is 0.344 e. The predicted octanol–water partition coefficient (Wildman–Crippen LogP) is 2.74. The number of aromatic nitrogens is 2. The van der Waals surface area contributed by atoms with Crippen molar-refractivity contribution in [3.8, 4) is 0 Å². The fraction of sp³-hybridized carbons (Fsp3) is 0.692. The first-order valence-corrected chi connectivity index (χ1v) is 7.48. The van der Waals surface area contributed by atoms with E-state index in [1.165, 1.54) is 25.7 Å². The maximum atomic E-state index is 12.1. The Labute approximate surface area is 122 Å². The number of carbonyl (C=O) groups is 1.